The molecule has 14 heavy (non-hydrogen) atoms. The minimum absolute atomic E-state index is 0.215. The summed E-state index contributed by atoms with van der Waals surface area (Å²) in [7, 11) is 0. The van der Waals surface area contributed by atoms with Gasteiger partial charge in [-0.1, -0.05) is 0 Å². The molecule has 2 saturated heterocycles. The van der Waals surface area contributed by atoms with E-state index in [1.165, 1.54) is 12.8 Å². The lowest BCUT2D eigenvalue weighted by Crippen LogP contribution is -2.46. The molecule has 0 aromatic heterocycles. The molecule has 2 rings (SSSR count). The van der Waals surface area contributed by atoms with E-state index in [0.29, 0.717) is 12.0 Å². The summed E-state index contributed by atoms with van der Waals surface area (Å²) in [6.45, 7) is 4.78. The predicted octanol–water partition coefficient (Wildman–Crippen LogP) is 1.10. The van der Waals surface area contributed by atoms with Gasteiger partial charge in [-0.25, -0.2) is 0 Å². The lowest BCUT2D eigenvalue weighted by atomic mass is 10.2. The molecule has 0 amide bonds. The van der Waals surface area contributed by atoms with Gasteiger partial charge in [0, 0.05) is 32.1 Å². The van der Waals surface area contributed by atoms with E-state index in [4.69, 9.17) is 21.1 Å². The zero-order valence-electron chi connectivity index (χ0n) is 8.45. The number of morpholine rings is 1. The third-order valence-corrected chi connectivity index (χ3v) is 3.23. The lowest BCUT2D eigenvalue weighted by Gasteiger charge is -2.33. The SMILES string of the molecule is ClCC1CN(CC2CCCO2)CCO1. The molecule has 82 valence electrons. The highest BCUT2D eigenvalue weighted by Gasteiger charge is 2.24. The first kappa shape index (κ1) is 10.7. The summed E-state index contributed by atoms with van der Waals surface area (Å²) < 4.78 is 11.1. The number of hydrogen-bond acceptors (Lipinski definition) is 3. The molecule has 3 nitrogen and oxygen atoms in total. The predicted molar refractivity (Wildman–Crippen MR) is 55.9 cm³/mol. The van der Waals surface area contributed by atoms with Crippen LogP contribution in [0, 0.1) is 0 Å². The van der Waals surface area contributed by atoms with Gasteiger partial charge in [-0.05, 0) is 12.8 Å². The fraction of sp³-hybridized carbons (Fsp3) is 1.00. The Morgan fingerprint density at radius 2 is 2.07 bits per heavy atom. The van der Waals surface area contributed by atoms with Crippen LogP contribution in [-0.4, -0.2) is 55.8 Å². The first-order chi connectivity index (χ1) is 6.88. The molecule has 2 heterocycles. The van der Waals surface area contributed by atoms with Crippen LogP contribution in [0.15, 0.2) is 0 Å². The molecular weight excluding hydrogens is 202 g/mol. The Bertz CT molecular complexity index is 174. The zero-order valence-corrected chi connectivity index (χ0v) is 9.21. The number of nitrogens with zero attached hydrogens (tertiary/aromatic N) is 1. The second kappa shape index (κ2) is 5.31. The third kappa shape index (κ3) is 2.83. The minimum Gasteiger partial charge on any atom is -0.377 e. The van der Waals surface area contributed by atoms with Gasteiger partial charge in [0.2, 0.25) is 0 Å². The van der Waals surface area contributed by atoms with Gasteiger partial charge in [0.1, 0.15) is 0 Å². The van der Waals surface area contributed by atoms with Crippen LogP contribution in [0.4, 0.5) is 0 Å². The van der Waals surface area contributed by atoms with Crippen molar-refractivity contribution >= 4 is 11.6 Å². The molecule has 4 heteroatoms. The molecule has 2 fully saturated rings. The van der Waals surface area contributed by atoms with Crippen LogP contribution in [0.25, 0.3) is 0 Å². The Morgan fingerprint density at radius 1 is 1.21 bits per heavy atom. The van der Waals surface area contributed by atoms with Crippen molar-refractivity contribution in [1.29, 1.82) is 0 Å². The van der Waals surface area contributed by atoms with Crippen molar-refractivity contribution in [2.75, 3.05) is 38.7 Å². The summed E-state index contributed by atoms with van der Waals surface area (Å²) in [5.74, 6) is 0.599. The van der Waals surface area contributed by atoms with E-state index in [0.717, 1.165) is 32.8 Å². The standard InChI is InChI=1S/C10H18ClNO2/c11-6-10-8-12(3-5-14-10)7-9-2-1-4-13-9/h9-10H,1-8H2. The van der Waals surface area contributed by atoms with Gasteiger partial charge in [-0.2, -0.15) is 0 Å². The lowest BCUT2D eigenvalue weighted by molar-refractivity contribution is -0.0331. The van der Waals surface area contributed by atoms with Crippen LogP contribution < -0.4 is 0 Å². The van der Waals surface area contributed by atoms with Crippen molar-refractivity contribution in [2.24, 2.45) is 0 Å². The minimum atomic E-state index is 0.215. The quantitative estimate of drug-likeness (QED) is 0.664. The Hall–Kier alpha value is 0.170. The van der Waals surface area contributed by atoms with Crippen LogP contribution >= 0.6 is 11.6 Å². The molecule has 0 aliphatic carbocycles. The Balaban J connectivity index is 1.73. The first-order valence-electron chi connectivity index (χ1n) is 5.40. The van der Waals surface area contributed by atoms with Gasteiger partial charge in [-0.15, -0.1) is 11.6 Å². The summed E-state index contributed by atoms with van der Waals surface area (Å²) in [6.07, 6.45) is 3.09. The molecule has 0 aromatic carbocycles. The third-order valence-electron chi connectivity index (χ3n) is 2.88. The van der Waals surface area contributed by atoms with Crippen LogP contribution in [0.2, 0.25) is 0 Å². The van der Waals surface area contributed by atoms with E-state index in [9.17, 15) is 0 Å². The largest absolute Gasteiger partial charge is 0.377 e. The van der Waals surface area contributed by atoms with Gasteiger partial charge in [0.15, 0.2) is 0 Å². The van der Waals surface area contributed by atoms with Crippen LogP contribution in [-0.2, 0) is 9.47 Å². The second-order valence-corrected chi connectivity index (χ2v) is 4.35. The number of alkyl halides is 1. The van der Waals surface area contributed by atoms with Crippen molar-refractivity contribution in [2.45, 2.75) is 25.0 Å². The van der Waals surface area contributed by atoms with Crippen molar-refractivity contribution < 1.29 is 9.47 Å². The van der Waals surface area contributed by atoms with Crippen LogP contribution in [0.3, 0.4) is 0 Å². The molecular formula is C10H18ClNO2. The highest BCUT2D eigenvalue weighted by Crippen LogP contribution is 2.15. The molecule has 0 bridgehead atoms. The molecule has 2 aliphatic rings. The maximum Gasteiger partial charge on any atom is 0.0837 e. The maximum absolute atomic E-state index is 5.78. The Labute approximate surface area is 90.3 Å². The average molecular weight is 220 g/mol. The van der Waals surface area contributed by atoms with E-state index in [1.54, 1.807) is 0 Å². The van der Waals surface area contributed by atoms with E-state index in [-0.39, 0.29) is 6.10 Å². The number of rotatable bonds is 3. The molecule has 0 saturated carbocycles. The van der Waals surface area contributed by atoms with E-state index in [1.807, 2.05) is 0 Å². The van der Waals surface area contributed by atoms with Crippen LogP contribution in [0.1, 0.15) is 12.8 Å². The molecule has 2 aliphatic heterocycles. The average Bonchev–Trinajstić information content (AvgIpc) is 2.71. The van der Waals surface area contributed by atoms with Gasteiger partial charge >= 0.3 is 0 Å². The molecule has 0 radical (unpaired) electrons. The van der Waals surface area contributed by atoms with E-state index < -0.39 is 0 Å². The van der Waals surface area contributed by atoms with Gasteiger partial charge in [0.25, 0.3) is 0 Å². The summed E-state index contributed by atoms with van der Waals surface area (Å²) in [5, 5.41) is 0. The summed E-state index contributed by atoms with van der Waals surface area (Å²) in [6, 6.07) is 0. The summed E-state index contributed by atoms with van der Waals surface area (Å²) in [5.41, 5.74) is 0. The van der Waals surface area contributed by atoms with Crippen molar-refractivity contribution in [3.63, 3.8) is 0 Å². The van der Waals surface area contributed by atoms with E-state index >= 15 is 0 Å². The highest BCUT2D eigenvalue weighted by atomic mass is 35.5. The fourth-order valence-corrected chi connectivity index (χ4v) is 2.30. The molecule has 0 aromatic rings. The molecule has 0 N–H and O–H groups in total. The topological polar surface area (TPSA) is 21.7 Å². The van der Waals surface area contributed by atoms with Gasteiger partial charge < -0.3 is 9.47 Å². The second-order valence-electron chi connectivity index (χ2n) is 4.04. The Morgan fingerprint density at radius 3 is 2.79 bits per heavy atom. The van der Waals surface area contributed by atoms with E-state index in [2.05, 4.69) is 4.90 Å². The number of ether oxygens (including phenoxy) is 2. The summed E-state index contributed by atoms with van der Waals surface area (Å²) >= 11 is 5.78. The normalized spacial score (nSPS) is 34.9. The Kier molecular flexibility index (Phi) is 4.05. The highest BCUT2D eigenvalue weighted by molar-refractivity contribution is 6.18. The van der Waals surface area contributed by atoms with Crippen molar-refractivity contribution in [3.05, 3.63) is 0 Å². The smallest absolute Gasteiger partial charge is 0.0837 e. The van der Waals surface area contributed by atoms with Crippen molar-refractivity contribution in [3.8, 4) is 0 Å². The molecule has 2 atom stereocenters. The van der Waals surface area contributed by atoms with Crippen LogP contribution in [0.5, 0.6) is 0 Å². The summed E-state index contributed by atoms with van der Waals surface area (Å²) in [4.78, 5) is 2.41. The fourth-order valence-electron chi connectivity index (χ4n) is 2.12. The zero-order chi connectivity index (χ0) is 9.80. The number of hydrogen-bond donors (Lipinski definition) is 0. The molecule has 2 unspecified atom stereocenters. The number of halogens is 1. The first-order valence-corrected chi connectivity index (χ1v) is 5.93. The maximum atomic E-state index is 5.78. The van der Waals surface area contributed by atoms with Crippen molar-refractivity contribution in [1.82, 2.24) is 4.90 Å². The van der Waals surface area contributed by atoms with Gasteiger partial charge in [0.05, 0.1) is 18.8 Å². The monoisotopic (exact) mass is 219 g/mol. The van der Waals surface area contributed by atoms with Gasteiger partial charge in [-0.3, -0.25) is 4.90 Å². The molecule has 0 spiro atoms.